The fourth-order valence-corrected chi connectivity index (χ4v) is 4.43. The van der Waals surface area contributed by atoms with Crippen molar-refractivity contribution in [1.29, 1.82) is 0 Å². The molecule has 3 atom stereocenters. The lowest BCUT2D eigenvalue weighted by Gasteiger charge is -2.51. The van der Waals surface area contributed by atoms with Crippen LogP contribution in [0.1, 0.15) is 44.4 Å². The quantitative estimate of drug-likeness (QED) is 0.772. The Kier molecular flexibility index (Phi) is 3.33. The van der Waals surface area contributed by atoms with Crippen LogP contribution in [0.4, 0.5) is 0 Å². The monoisotopic (exact) mass is 272 g/mol. The number of H-pyrrole nitrogens is 1. The van der Waals surface area contributed by atoms with Crippen LogP contribution in [0, 0.1) is 18.8 Å². The minimum Gasteiger partial charge on any atom is -0.326 e. The summed E-state index contributed by atoms with van der Waals surface area (Å²) in [5.74, 6) is 1.20. The van der Waals surface area contributed by atoms with Gasteiger partial charge in [0.25, 0.3) is 0 Å². The standard InChI is InChI=1S/C17H24N2O/c1-11-9-12(2)14-5-4-8-18-17(14,10-11)15-6-7-16(20)19-13(15)3/h6-7,9,12,14,18H,4-5,8,10H2,1-3H3,(H,19,20)/t12-,14-,17-/m1/s1. The zero-order chi connectivity index (χ0) is 14.3. The Hall–Kier alpha value is -1.35. The number of hydrogen-bond donors (Lipinski definition) is 2. The van der Waals surface area contributed by atoms with E-state index in [9.17, 15) is 4.79 Å². The second-order valence-electron chi connectivity index (χ2n) is 6.56. The molecule has 0 bridgehead atoms. The lowest BCUT2D eigenvalue weighted by atomic mass is 9.62. The van der Waals surface area contributed by atoms with Crippen LogP contribution in [0.3, 0.4) is 0 Å². The van der Waals surface area contributed by atoms with Crippen molar-refractivity contribution in [2.45, 2.75) is 45.6 Å². The molecule has 1 aromatic heterocycles. The molecule has 2 aliphatic rings. The van der Waals surface area contributed by atoms with Crippen molar-refractivity contribution in [2.24, 2.45) is 11.8 Å². The van der Waals surface area contributed by atoms with E-state index in [4.69, 9.17) is 0 Å². The molecule has 108 valence electrons. The fraction of sp³-hybridized carbons (Fsp3) is 0.588. The van der Waals surface area contributed by atoms with E-state index in [1.165, 1.54) is 24.0 Å². The second kappa shape index (κ2) is 4.88. The molecule has 2 N–H and O–H groups in total. The number of nitrogens with one attached hydrogen (secondary N) is 2. The van der Waals surface area contributed by atoms with Gasteiger partial charge in [0.05, 0.1) is 5.54 Å². The molecule has 3 nitrogen and oxygen atoms in total. The van der Waals surface area contributed by atoms with Crippen LogP contribution in [0.25, 0.3) is 0 Å². The van der Waals surface area contributed by atoms with E-state index in [0.29, 0.717) is 11.8 Å². The molecule has 1 aliphatic heterocycles. The van der Waals surface area contributed by atoms with Crippen molar-refractivity contribution in [1.82, 2.24) is 10.3 Å². The van der Waals surface area contributed by atoms with Gasteiger partial charge in [-0.15, -0.1) is 0 Å². The van der Waals surface area contributed by atoms with Gasteiger partial charge in [-0.05, 0) is 63.1 Å². The normalized spacial score (nSPS) is 33.5. The van der Waals surface area contributed by atoms with Crippen molar-refractivity contribution < 1.29 is 0 Å². The summed E-state index contributed by atoms with van der Waals surface area (Å²) in [6, 6.07) is 3.70. The highest BCUT2D eigenvalue weighted by Gasteiger charge is 2.46. The van der Waals surface area contributed by atoms with E-state index < -0.39 is 0 Å². The van der Waals surface area contributed by atoms with Crippen molar-refractivity contribution in [3.05, 3.63) is 45.4 Å². The molecule has 0 aromatic carbocycles. The molecule has 3 rings (SSSR count). The predicted octanol–water partition coefficient (Wildman–Crippen LogP) is 2.86. The molecule has 0 unspecified atom stereocenters. The van der Waals surface area contributed by atoms with Gasteiger partial charge in [0.15, 0.2) is 0 Å². The van der Waals surface area contributed by atoms with Crippen LogP contribution in [0.15, 0.2) is 28.6 Å². The average Bonchev–Trinajstić information content (AvgIpc) is 2.37. The van der Waals surface area contributed by atoms with E-state index in [0.717, 1.165) is 18.7 Å². The number of aromatic amines is 1. The van der Waals surface area contributed by atoms with Crippen molar-refractivity contribution in [3.63, 3.8) is 0 Å². The summed E-state index contributed by atoms with van der Waals surface area (Å²) in [5.41, 5.74) is 3.74. The lowest BCUT2D eigenvalue weighted by Crippen LogP contribution is -2.56. The van der Waals surface area contributed by atoms with Crippen molar-refractivity contribution in [2.75, 3.05) is 6.54 Å². The first-order valence-corrected chi connectivity index (χ1v) is 7.66. The van der Waals surface area contributed by atoms with Crippen molar-refractivity contribution in [3.8, 4) is 0 Å². The number of allylic oxidation sites excluding steroid dienone is 1. The van der Waals surface area contributed by atoms with Gasteiger partial charge in [-0.2, -0.15) is 0 Å². The van der Waals surface area contributed by atoms with Gasteiger partial charge in [-0.25, -0.2) is 0 Å². The molecule has 0 amide bonds. The van der Waals surface area contributed by atoms with Crippen LogP contribution in [-0.4, -0.2) is 11.5 Å². The highest BCUT2D eigenvalue weighted by atomic mass is 16.1. The Morgan fingerprint density at radius 3 is 2.85 bits per heavy atom. The Morgan fingerprint density at radius 2 is 2.10 bits per heavy atom. The summed E-state index contributed by atoms with van der Waals surface area (Å²) in [7, 11) is 0. The van der Waals surface area contributed by atoms with Gasteiger partial charge < -0.3 is 10.3 Å². The van der Waals surface area contributed by atoms with Gasteiger partial charge in [-0.3, -0.25) is 4.79 Å². The SMILES string of the molecule is CC1=C[C@@H](C)[C@H]2CCCN[C@]2(c2ccc(=O)[nH]c2C)C1. The Morgan fingerprint density at radius 1 is 1.30 bits per heavy atom. The molecule has 1 fully saturated rings. The molecule has 1 saturated heterocycles. The number of aromatic nitrogens is 1. The van der Waals surface area contributed by atoms with E-state index >= 15 is 0 Å². The van der Waals surface area contributed by atoms with E-state index in [2.05, 4.69) is 30.2 Å². The fourth-order valence-electron chi connectivity index (χ4n) is 4.43. The molecular weight excluding hydrogens is 248 g/mol. The topological polar surface area (TPSA) is 44.9 Å². The molecular formula is C17H24N2O. The Labute approximate surface area is 120 Å². The number of hydrogen-bond acceptors (Lipinski definition) is 2. The molecule has 3 heteroatoms. The summed E-state index contributed by atoms with van der Waals surface area (Å²) < 4.78 is 0. The number of rotatable bonds is 1. The minimum absolute atomic E-state index is 0.00475. The second-order valence-corrected chi connectivity index (χ2v) is 6.56. The highest BCUT2D eigenvalue weighted by molar-refractivity contribution is 5.34. The maximum absolute atomic E-state index is 11.5. The first-order chi connectivity index (χ1) is 9.53. The molecule has 2 heterocycles. The molecule has 1 aliphatic carbocycles. The maximum Gasteiger partial charge on any atom is 0.248 e. The Bertz CT molecular complexity index is 601. The van der Waals surface area contributed by atoms with E-state index in [1.807, 2.05) is 13.0 Å². The molecule has 0 radical (unpaired) electrons. The van der Waals surface area contributed by atoms with Gasteiger partial charge in [0.2, 0.25) is 5.56 Å². The highest BCUT2D eigenvalue weighted by Crippen LogP contribution is 2.48. The van der Waals surface area contributed by atoms with Gasteiger partial charge in [0, 0.05) is 11.8 Å². The number of fused-ring (bicyclic) bond motifs is 1. The minimum atomic E-state index is -0.00821. The zero-order valence-electron chi connectivity index (χ0n) is 12.6. The van der Waals surface area contributed by atoms with E-state index in [-0.39, 0.29) is 11.1 Å². The maximum atomic E-state index is 11.5. The van der Waals surface area contributed by atoms with Gasteiger partial charge in [-0.1, -0.05) is 18.6 Å². The molecule has 0 saturated carbocycles. The van der Waals surface area contributed by atoms with Gasteiger partial charge in [0.1, 0.15) is 0 Å². The summed E-state index contributed by atoms with van der Waals surface area (Å²) in [5, 5.41) is 3.81. The summed E-state index contributed by atoms with van der Waals surface area (Å²) in [4.78, 5) is 14.5. The van der Waals surface area contributed by atoms with E-state index in [1.54, 1.807) is 6.07 Å². The largest absolute Gasteiger partial charge is 0.326 e. The Balaban J connectivity index is 2.15. The lowest BCUT2D eigenvalue weighted by molar-refractivity contribution is 0.110. The van der Waals surface area contributed by atoms with Crippen LogP contribution in [0.2, 0.25) is 0 Å². The summed E-state index contributed by atoms with van der Waals surface area (Å²) >= 11 is 0. The molecule has 0 spiro atoms. The third-order valence-electron chi connectivity index (χ3n) is 5.10. The smallest absolute Gasteiger partial charge is 0.248 e. The summed E-state index contributed by atoms with van der Waals surface area (Å²) in [6.07, 6.45) is 5.98. The molecule has 1 aromatic rings. The predicted molar refractivity (Wildman–Crippen MR) is 81.7 cm³/mol. The average molecular weight is 272 g/mol. The third-order valence-corrected chi connectivity index (χ3v) is 5.10. The number of pyridine rings is 1. The molecule has 20 heavy (non-hydrogen) atoms. The van der Waals surface area contributed by atoms with Crippen LogP contribution < -0.4 is 10.9 Å². The van der Waals surface area contributed by atoms with Crippen LogP contribution in [0.5, 0.6) is 0 Å². The third kappa shape index (κ3) is 2.05. The van der Waals surface area contributed by atoms with Crippen molar-refractivity contribution >= 4 is 0 Å². The first-order valence-electron chi connectivity index (χ1n) is 7.66. The first kappa shape index (κ1) is 13.6. The van der Waals surface area contributed by atoms with Crippen LogP contribution in [-0.2, 0) is 5.54 Å². The zero-order valence-corrected chi connectivity index (χ0v) is 12.6. The number of piperidine rings is 1. The van der Waals surface area contributed by atoms with Crippen LogP contribution >= 0.6 is 0 Å². The van der Waals surface area contributed by atoms with Gasteiger partial charge >= 0.3 is 0 Å². The summed E-state index contributed by atoms with van der Waals surface area (Å²) in [6.45, 7) is 7.65. The number of aryl methyl sites for hydroxylation is 1.